The van der Waals surface area contributed by atoms with Crippen LogP contribution in [0.1, 0.15) is 18.1 Å². The average molecular weight is 265 g/mol. The van der Waals surface area contributed by atoms with Gasteiger partial charge in [0.15, 0.2) is 0 Å². The van der Waals surface area contributed by atoms with E-state index in [1.807, 2.05) is 37.4 Å². The van der Waals surface area contributed by atoms with Crippen molar-refractivity contribution >= 4 is 11.5 Å². The minimum atomic E-state index is 0.351. The second kappa shape index (κ2) is 4.89. The standard InChI is InChI=1S/C16H15N3O/c1-3-12-4-6-13(7-5-12)15-16(18-20)19-9-8-11(2)10-14(19)17-15/h4-10H,3H2,1-2H3. The molecular weight excluding hydrogens is 250 g/mol. The molecule has 0 aliphatic carbocycles. The van der Waals surface area contributed by atoms with Crippen LogP contribution >= 0.6 is 0 Å². The molecule has 0 N–H and O–H groups in total. The molecule has 0 fully saturated rings. The van der Waals surface area contributed by atoms with E-state index in [0.717, 1.165) is 23.2 Å². The summed E-state index contributed by atoms with van der Waals surface area (Å²) in [6, 6.07) is 12.0. The van der Waals surface area contributed by atoms with Crippen LogP contribution in [-0.2, 0) is 6.42 Å². The molecule has 2 heterocycles. The van der Waals surface area contributed by atoms with Crippen molar-refractivity contribution in [1.29, 1.82) is 0 Å². The van der Waals surface area contributed by atoms with Crippen molar-refractivity contribution in [2.45, 2.75) is 20.3 Å². The van der Waals surface area contributed by atoms with Gasteiger partial charge in [-0.15, -0.1) is 4.91 Å². The molecule has 0 amide bonds. The van der Waals surface area contributed by atoms with Crippen LogP contribution in [-0.4, -0.2) is 9.38 Å². The van der Waals surface area contributed by atoms with Gasteiger partial charge >= 0.3 is 0 Å². The number of nitrogens with zero attached hydrogens (tertiary/aromatic N) is 3. The molecule has 0 radical (unpaired) electrons. The number of aryl methyl sites for hydroxylation is 2. The predicted molar refractivity (Wildman–Crippen MR) is 80.2 cm³/mol. The second-order valence-electron chi connectivity index (χ2n) is 4.86. The molecule has 4 heteroatoms. The first-order valence-electron chi connectivity index (χ1n) is 6.64. The summed E-state index contributed by atoms with van der Waals surface area (Å²) in [5, 5.41) is 3.16. The Balaban J connectivity index is 2.21. The van der Waals surface area contributed by atoms with Crippen molar-refractivity contribution in [3.8, 4) is 11.3 Å². The molecule has 0 aliphatic heterocycles. The number of aromatic nitrogens is 2. The van der Waals surface area contributed by atoms with Gasteiger partial charge in [-0.3, -0.25) is 4.40 Å². The van der Waals surface area contributed by atoms with Gasteiger partial charge in [-0.05, 0) is 41.8 Å². The van der Waals surface area contributed by atoms with Crippen molar-refractivity contribution in [3.63, 3.8) is 0 Å². The van der Waals surface area contributed by atoms with Crippen molar-refractivity contribution in [3.05, 3.63) is 58.6 Å². The van der Waals surface area contributed by atoms with Crippen LogP contribution in [0.2, 0.25) is 0 Å². The lowest BCUT2D eigenvalue weighted by Crippen LogP contribution is -1.84. The third kappa shape index (κ3) is 1.99. The molecule has 100 valence electrons. The predicted octanol–water partition coefficient (Wildman–Crippen LogP) is 4.27. The number of fused-ring (bicyclic) bond motifs is 1. The van der Waals surface area contributed by atoms with E-state index in [2.05, 4.69) is 29.2 Å². The molecule has 3 aromatic rings. The molecule has 0 unspecified atom stereocenters. The zero-order valence-corrected chi connectivity index (χ0v) is 11.5. The number of rotatable bonds is 3. The lowest BCUT2D eigenvalue weighted by molar-refractivity contribution is 1.14. The molecular formula is C16H15N3O. The maximum atomic E-state index is 11.2. The van der Waals surface area contributed by atoms with Gasteiger partial charge in [-0.2, -0.15) is 0 Å². The molecule has 0 saturated heterocycles. The third-order valence-electron chi connectivity index (χ3n) is 3.48. The third-order valence-corrected chi connectivity index (χ3v) is 3.48. The molecule has 0 saturated carbocycles. The van der Waals surface area contributed by atoms with Gasteiger partial charge in [0.05, 0.1) is 0 Å². The van der Waals surface area contributed by atoms with Crippen molar-refractivity contribution in [1.82, 2.24) is 9.38 Å². The highest BCUT2D eigenvalue weighted by Gasteiger charge is 2.14. The van der Waals surface area contributed by atoms with E-state index in [-0.39, 0.29) is 0 Å². The van der Waals surface area contributed by atoms with E-state index in [1.165, 1.54) is 5.56 Å². The second-order valence-corrected chi connectivity index (χ2v) is 4.86. The molecule has 2 aromatic heterocycles. The molecule has 1 aromatic carbocycles. The Morgan fingerprint density at radius 1 is 1.20 bits per heavy atom. The van der Waals surface area contributed by atoms with E-state index in [4.69, 9.17) is 0 Å². The minimum Gasteiger partial charge on any atom is -0.281 e. The van der Waals surface area contributed by atoms with Crippen LogP contribution in [0.4, 0.5) is 5.82 Å². The molecule has 4 nitrogen and oxygen atoms in total. The van der Waals surface area contributed by atoms with E-state index in [9.17, 15) is 4.91 Å². The maximum absolute atomic E-state index is 11.2. The normalized spacial score (nSPS) is 10.9. The highest BCUT2D eigenvalue weighted by Crippen LogP contribution is 2.31. The summed E-state index contributed by atoms with van der Waals surface area (Å²) in [7, 11) is 0. The number of nitroso groups, excluding NO2 is 1. The minimum absolute atomic E-state index is 0.351. The fourth-order valence-corrected chi connectivity index (χ4v) is 2.31. The molecule has 0 bridgehead atoms. The number of hydrogen-bond acceptors (Lipinski definition) is 3. The van der Waals surface area contributed by atoms with Gasteiger partial charge in [0.1, 0.15) is 11.3 Å². The zero-order valence-electron chi connectivity index (χ0n) is 11.5. The number of benzene rings is 1. The Labute approximate surface area is 117 Å². The summed E-state index contributed by atoms with van der Waals surface area (Å²) in [6.45, 7) is 4.11. The van der Waals surface area contributed by atoms with Gasteiger partial charge in [0.25, 0.3) is 0 Å². The zero-order chi connectivity index (χ0) is 14.1. The molecule has 0 atom stereocenters. The van der Waals surface area contributed by atoms with Crippen LogP contribution in [0, 0.1) is 11.8 Å². The number of hydrogen-bond donors (Lipinski definition) is 0. The van der Waals surface area contributed by atoms with Gasteiger partial charge in [0.2, 0.25) is 5.82 Å². The van der Waals surface area contributed by atoms with E-state index >= 15 is 0 Å². The Hall–Kier alpha value is -2.49. The quantitative estimate of drug-likeness (QED) is 0.664. The SMILES string of the molecule is CCc1ccc(-c2nc3cc(C)ccn3c2N=O)cc1. The Morgan fingerprint density at radius 2 is 1.95 bits per heavy atom. The molecule has 0 spiro atoms. The summed E-state index contributed by atoms with van der Waals surface area (Å²) in [5.74, 6) is 0.351. The van der Waals surface area contributed by atoms with Gasteiger partial charge < -0.3 is 0 Å². The monoisotopic (exact) mass is 265 g/mol. The van der Waals surface area contributed by atoms with E-state index in [0.29, 0.717) is 11.5 Å². The summed E-state index contributed by atoms with van der Waals surface area (Å²) < 4.78 is 1.73. The first-order valence-corrected chi connectivity index (χ1v) is 6.64. The van der Waals surface area contributed by atoms with Crippen LogP contribution in [0.25, 0.3) is 16.9 Å². The van der Waals surface area contributed by atoms with Gasteiger partial charge in [0, 0.05) is 11.8 Å². The Morgan fingerprint density at radius 3 is 2.60 bits per heavy atom. The van der Waals surface area contributed by atoms with Crippen LogP contribution < -0.4 is 0 Å². The highest BCUT2D eigenvalue weighted by atomic mass is 16.3. The Kier molecular flexibility index (Phi) is 3.06. The fourth-order valence-electron chi connectivity index (χ4n) is 2.31. The van der Waals surface area contributed by atoms with Gasteiger partial charge in [-0.25, -0.2) is 4.98 Å². The summed E-state index contributed by atoms with van der Waals surface area (Å²) in [4.78, 5) is 15.7. The van der Waals surface area contributed by atoms with Crippen molar-refractivity contribution in [2.75, 3.05) is 0 Å². The first kappa shape index (κ1) is 12.5. The average Bonchev–Trinajstić information content (AvgIpc) is 2.84. The maximum Gasteiger partial charge on any atom is 0.209 e. The largest absolute Gasteiger partial charge is 0.281 e. The topological polar surface area (TPSA) is 46.7 Å². The molecule has 0 aliphatic rings. The lowest BCUT2D eigenvalue weighted by atomic mass is 10.1. The van der Waals surface area contributed by atoms with Crippen LogP contribution in [0.15, 0.2) is 47.8 Å². The van der Waals surface area contributed by atoms with Crippen LogP contribution in [0.5, 0.6) is 0 Å². The smallest absolute Gasteiger partial charge is 0.209 e. The number of imidazole rings is 1. The van der Waals surface area contributed by atoms with E-state index < -0.39 is 0 Å². The fraction of sp³-hybridized carbons (Fsp3) is 0.188. The van der Waals surface area contributed by atoms with Crippen LogP contribution in [0.3, 0.4) is 0 Å². The van der Waals surface area contributed by atoms with Crippen molar-refractivity contribution < 1.29 is 0 Å². The summed E-state index contributed by atoms with van der Waals surface area (Å²) >= 11 is 0. The molecule has 20 heavy (non-hydrogen) atoms. The lowest BCUT2D eigenvalue weighted by Gasteiger charge is -2.00. The number of pyridine rings is 1. The van der Waals surface area contributed by atoms with Gasteiger partial charge in [-0.1, -0.05) is 31.2 Å². The van der Waals surface area contributed by atoms with E-state index in [1.54, 1.807) is 4.40 Å². The summed E-state index contributed by atoms with van der Waals surface area (Å²) in [5.41, 5.74) is 4.65. The van der Waals surface area contributed by atoms with Crippen molar-refractivity contribution in [2.24, 2.45) is 5.18 Å². The Bertz CT molecular complexity index is 772. The molecule has 3 rings (SSSR count). The highest BCUT2D eigenvalue weighted by molar-refractivity contribution is 5.74. The summed E-state index contributed by atoms with van der Waals surface area (Å²) in [6.07, 6.45) is 2.82. The first-order chi connectivity index (χ1) is 9.72.